The molecule has 36 heavy (non-hydrogen) atoms. The Morgan fingerprint density at radius 2 is 1.86 bits per heavy atom. The van der Waals surface area contributed by atoms with Gasteiger partial charge in [0.05, 0.1) is 6.61 Å². The molecular weight excluding hydrogens is 481 g/mol. The SMILES string of the molecule is CCOC(=O)CCC1(c2ccc(CN3C(C)CCC(c4ccccc4)S3(=O)=O)c(F)c2)CCOCC1. The van der Waals surface area contributed by atoms with Crippen LogP contribution in [0.4, 0.5) is 4.39 Å². The summed E-state index contributed by atoms with van der Waals surface area (Å²) >= 11 is 0. The van der Waals surface area contributed by atoms with Crippen molar-refractivity contribution >= 4 is 16.0 Å². The summed E-state index contributed by atoms with van der Waals surface area (Å²) in [5.74, 6) is -0.670. The van der Waals surface area contributed by atoms with E-state index in [1.807, 2.05) is 43.3 Å². The van der Waals surface area contributed by atoms with Crippen molar-refractivity contribution < 1.29 is 27.1 Å². The normalized spacial score (nSPS) is 23.8. The lowest BCUT2D eigenvalue weighted by Crippen LogP contribution is -2.44. The van der Waals surface area contributed by atoms with Gasteiger partial charge in [-0.3, -0.25) is 4.79 Å². The maximum atomic E-state index is 15.5. The third-order valence-electron chi connectivity index (χ3n) is 7.75. The smallest absolute Gasteiger partial charge is 0.305 e. The molecule has 2 aromatic carbocycles. The highest BCUT2D eigenvalue weighted by Crippen LogP contribution is 2.41. The number of hydrogen-bond donors (Lipinski definition) is 0. The molecule has 2 aliphatic rings. The van der Waals surface area contributed by atoms with Crippen molar-refractivity contribution in [3.05, 3.63) is 71.0 Å². The van der Waals surface area contributed by atoms with Crippen LogP contribution < -0.4 is 0 Å². The van der Waals surface area contributed by atoms with Gasteiger partial charge in [0, 0.05) is 43.2 Å². The van der Waals surface area contributed by atoms with Crippen molar-refractivity contribution in [2.75, 3.05) is 19.8 Å². The van der Waals surface area contributed by atoms with Gasteiger partial charge in [-0.1, -0.05) is 42.5 Å². The number of sulfonamides is 1. The summed E-state index contributed by atoms with van der Waals surface area (Å²) in [6, 6.07) is 14.2. The van der Waals surface area contributed by atoms with E-state index in [9.17, 15) is 13.2 Å². The number of carbonyl (C=O) groups excluding carboxylic acids is 1. The molecule has 2 aromatic rings. The largest absolute Gasteiger partial charge is 0.466 e. The predicted molar refractivity (Wildman–Crippen MR) is 136 cm³/mol. The summed E-state index contributed by atoms with van der Waals surface area (Å²) in [5.41, 5.74) is 1.59. The average Bonchev–Trinajstić information content (AvgIpc) is 2.87. The van der Waals surface area contributed by atoms with Crippen LogP contribution >= 0.6 is 0 Å². The zero-order valence-electron chi connectivity index (χ0n) is 21.1. The van der Waals surface area contributed by atoms with Crippen LogP contribution in [-0.2, 0) is 36.3 Å². The molecule has 2 unspecified atom stereocenters. The van der Waals surface area contributed by atoms with Crippen LogP contribution in [0.1, 0.15) is 74.3 Å². The fourth-order valence-corrected chi connectivity index (χ4v) is 7.73. The van der Waals surface area contributed by atoms with Gasteiger partial charge in [0.15, 0.2) is 0 Å². The molecule has 4 rings (SSSR count). The number of nitrogens with zero attached hydrogens (tertiary/aromatic N) is 1. The zero-order chi connectivity index (χ0) is 25.8. The van der Waals surface area contributed by atoms with E-state index in [4.69, 9.17) is 9.47 Å². The van der Waals surface area contributed by atoms with Crippen LogP contribution in [0.25, 0.3) is 0 Å². The molecule has 2 fully saturated rings. The van der Waals surface area contributed by atoms with Crippen LogP contribution in [0.15, 0.2) is 48.5 Å². The first kappa shape index (κ1) is 26.8. The van der Waals surface area contributed by atoms with Crippen molar-refractivity contribution in [1.82, 2.24) is 4.31 Å². The van der Waals surface area contributed by atoms with Gasteiger partial charge in [-0.05, 0) is 63.1 Å². The monoisotopic (exact) mass is 517 g/mol. The second kappa shape index (κ2) is 11.4. The summed E-state index contributed by atoms with van der Waals surface area (Å²) in [7, 11) is -3.65. The Hall–Kier alpha value is -2.29. The maximum absolute atomic E-state index is 15.5. The molecule has 0 N–H and O–H groups in total. The number of benzene rings is 2. The van der Waals surface area contributed by atoms with Crippen molar-refractivity contribution in [2.45, 2.75) is 75.6 Å². The molecule has 8 heteroatoms. The van der Waals surface area contributed by atoms with E-state index in [2.05, 4.69) is 0 Å². The lowest BCUT2D eigenvalue weighted by Gasteiger charge is -2.39. The van der Waals surface area contributed by atoms with E-state index in [0.717, 1.165) is 17.5 Å². The Morgan fingerprint density at radius 3 is 2.53 bits per heavy atom. The minimum absolute atomic E-state index is 0.00210. The van der Waals surface area contributed by atoms with Gasteiger partial charge < -0.3 is 9.47 Å². The Kier molecular flexibility index (Phi) is 8.48. The average molecular weight is 518 g/mol. The van der Waals surface area contributed by atoms with E-state index in [0.29, 0.717) is 51.1 Å². The molecule has 0 spiro atoms. The molecule has 2 atom stereocenters. The molecule has 2 saturated heterocycles. The number of rotatable bonds is 8. The summed E-state index contributed by atoms with van der Waals surface area (Å²) in [4.78, 5) is 12.0. The lowest BCUT2D eigenvalue weighted by molar-refractivity contribution is -0.143. The number of halogens is 1. The maximum Gasteiger partial charge on any atom is 0.305 e. The first-order valence-electron chi connectivity index (χ1n) is 12.8. The number of hydrogen-bond acceptors (Lipinski definition) is 5. The Bertz CT molecular complexity index is 1150. The first-order valence-corrected chi connectivity index (χ1v) is 14.3. The molecule has 0 aromatic heterocycles. The van der Waals surface area contributed by atoms with Gasteiger partial charge >= 0.3 is 5.97 Å². The highest BCUT2D eigenvalue weighted by molar-refractivity contribution is 7.89. The van der Waals surface area contributed by atoms with Crippen molar-refractivity contribution in [3.63, 3.8) is 0 Å². The van der Waals surface area contributed by atoms with Crippen LogP contribution in [0.3, 0.4) is 0 Å². The topological polar surface area (TPSA) is 72.9 Å². The third-order valence-corrected chi connectivity index (χ3v) is 10.1. The van der Waals surface area contributed by atoms with Crippen LogP contribution in [0.5, 0.6) is 0 Å². The molecule has 0 bridgehead atoms. The standard InChI is InChI=1S/C28H36FNO5S/c1-3-35-27(31)13-14-28(15-17-34-18-16-28)24-11-10-23(25(29)19-24)20-30-21(2)9-12-26(36(30,32)33)22-7-5-4-6-8-22/h4-8,10-11,19,21,26H,3,9,12-18,20H2,1-2H3. The van der Waals surface area contributed by atoms with Crippen LogP contribution in [0, 0.1) is 5.82 Å². The van der Waals surface area contributed by atoms with Crippen molar-refractivity contribution in [1.29, 1.82) is 0 Å². The van der Waals surface area contributed by atoms with E-state index < -0.39 is 21.1 Å². The van der Waals surface area contributed by atoms with E-state index in [-0.39, 0.29) is 30.4 Å². The Labute approximate surface area is 213 Å². The predicted octanol–water partition coefficient (Wildman–Crippen LogP) is 5.27. The summed E-state index contributed by atoms with van der Waals surface area (Å²) in [6.07, 6.45) is 3.49. The van der Waals surface area contributed by atoms with Crippen molar-refractivity contribution in [2.24, 2.45) is 0 Å². The molecule has 0 radical (unpaired) electrons. The van der Waals surface area contributed by atoms with Gasteiger partial charge in [-0.2, -0.15) is 4.31 Å². The lowest BCUT2D eigenvalue weighted by atomic mass is 9.71. The molecule has 0 saturated carbocycles. The second-order valence-electron chi connectivity index (χ2n) is 9.92. The number of esters is 1. The molecular formula is C28H36FNO5S. The fraction of sp³-hybridized carbons (Fsp3) is 0.536. The number of ether oxygens (including phenoxy) is 2. The summed E-state index contributed by atoms with van der Waals surface area (Å²) in [5, 5.41) is -0.620. The van der Waals surface area contributed by atoms with Crippen LogP contribution in [0.2, 0.25) is 0 Å². The van der Waals surface area contributed by atoms with Gasteiger partial charge in [-0.15, -0.1) is 0 Å². The highest BCUT2D eigenvalue weighted by Gasteiger charge is 2.41. The minimum Gasteiger partial charge on any atom is -0.466 e. The van der Waals surface area contributed by atoms with Gasteiger partial charge in [0.1, 0.15) is 11.1 Å². The molecule has 0 amide bonds. The first-order chi connectivity index (χ1) is 17.3. The summed E-state index contributed by atoms with van der Waals surface area (Å²) in [6.45, 7) is 5.10. The van der Waals surface area contributed by atoms with Crippen LogP contribution in [-0.4, -0.2) is 44.6 Å². The zero-order valence-corrected chi connectivity index (χ0v) is 21.9. The minimum atomic E-state index is -3.65. The third kappa shape index (κ3) is 5.66. The quantitative estimate of drug-likeness (QED) is 0.446. The number of carbonyl (C=O) groups is 1. The molecule has 196 valence electrons. The molecule has 2 heterocycles. The Balaban J connectivity index is 1.57. The van der Waals surface area contributed by atoms with Gasteiger partial charge in [0.2, 0.25) is 10.0 Å². The van der Waals surface area contributed by atoms with Crippen molar-refractivity contribution in [3.8, 4) is 0 Å². The second-order valence-corrected chi connectivity index (χ2v) is 12.0. The molecule has 2 aliphatic heterocycles. The highest BCUT2D eigenvalue weighted by atomic mass is 32.2. The Morgan fingerprint density at radius 1 is 1.14 bits per heavy atom. The van der Waals surface area contributed by atoms with E-state index in [1.54, 1.807) is 13.0 Å². The fourth-order valence-electron chi connectivity index (χ4n) is 5.54. The summed E-state index contributed by atoms with van der Waals surface area (Å²) < 4.78 is 54.7. The molecule has 0 aliphatic carbocycles. The molecule has 6 nitrogen and oxygen atoms in total. The van der Waals surface area contributed by atoms with E-state index in [1.165, 1.54) is 10.4 Å². The van der Waals surface area contributed by atoms with Gasteiger partial charge in [0.25, 0.3) is 0 Å². The van der Waals surface area contributed by atoms with Gasteiger partial charge in [-0.25, -0.2) is 12.8 Å². The van der Waals surface area contributed by atoms with E-state index >= 15 is 4.39 Å².